The van der Waals surface area contributed by atoms with Crippen molar-refractivity contribution >= 4 is 51.8 Å². The Morgan fingerprint density at radius 1 is 0.944 bits per heavy atom. The molecule has 0 atom stereocenters. The molecular formula is C39H49FN8O6. The average Bonchev–Trinajstić information content (AvgIpc) is 3.16. The van der Waals surface area contributed by atoms with Gasteiger partial charge in [0.25, 0.3) is 5.91 Å². The molecule has 0 bridgehead atoms. The molecule has 0 spiro atoms. The van der Waals surface area contributed by atoms with Crippen LogP contribution in [0.5, 0.6) is 0 Å². The molecule has 2 aromatic heterocycles. The first-order valence-electron chi connectivity index (χ1n) is 17.9. The van der Waals surface area contributed by atoms with E-state index in [1.165, 1.54) is 19.3 Å². The molecule has 0 aliphatic heterocycles. The van der Waals surface area contributed by atoms with E-state index >= 15 is 4.39 Å². The molecule has 2 heterocycles. The number of carbonyl (C=O) groups excluding carboxylic acids is 4. The number of fused-ring (bicyclic) bond motifs is 1. The topological polar surface area (TPSA) is 204 Å². The lowest BCUT2D eigenvalue weighted by Crippen LogP contribution is -2.43. The maximum Gasteiger partial charge on any atom is 0.274 e. The van der Waals surface area contributed by atoms with Gasteiger partial charge >= 0.3 is 0 Å². The molecule has 0 radical (unpaired) electrons. The van der Waals surface area contributed by atoms with Gasteiger partial charge in [0.15, 0.2) is 12.1 Å². The first-order chi connectivity index (χ1) is 26.0. The van der Waals surface area contributed by atoms with Gasteiger partial charge in [-0.05, 0) is 55.3 Å². The predicted octanol–water partition coefficient (Wildman–Crippen LogP) is 4.60. The number of nitrogens with zero attached hydrogens (tertiary/aromatic N) is 3. The van der Waals surface area contributed by atoms with Gasteiger partial charge in [-0.2, -0.15) is 0 Å². The highest BCUT2D eigenvalue weighted by Crippen LogP contribution is 2.35. The molecule has 4 aromatic rings. The fraction of sp³-hybridized carbons (Fsp3) is 0.385. The summed E-state index contributed by atoms with van der Waals surface area (Å²) in [6, 6.07) is 8.46. The summed E-state index contributed by atoms with van der Waals surface area (Å²) in [6.45, 7) is 5.73. The maximum absolute atomic E-state index is 15.2. The number of nitrogens with one attached hydrogen (secondary N) is 3. The van der Waals surface area contributed by atoms with Crippen LogP contribution in [0.1, 0.15) is 71.0 Å². The molecule has 54 heavy (non-hydrogen) atoms. The normalized spacial score (nSPS) is 11.0. The van der Waals surface area contributed by atoms with E-state index in [0.29, 0.717) is 111 Å². The van der Waals surface area contributed by atoms with Crippen molar-refractivity contribution in [1.29, 1.82) is 0 Å². The second-order valence-corrected chi connectivity index (χ2v) is 12.7. The second kappa shape index (κ2) is 20.5. The minimum Gasteiger partial charge on any atom is -0.397 e. The van der Waals surface area contributed by atoms with E-state index in [2.05, 4.69) is 26.0 Å². The van der Waals surface area contributed by atoms with Crippen molar-refractivity contribution in [3.8, 4) is 11.1 Å². The van der Waals surface area contributed by atoms with E-state index in [1.54, 1.807) is 37.5 Å². The highest BCUT2D eigenvalue weighted by atomic mass is 19.1. The molecule has 7 N–H and O–H groups in total. The number of aldehydes is 1. The predicted molar refractivity (Wildman–Crippen MR) is 206 cm³/mol. The van der Waals surface area contributed by atoms with Gasteiger partial charge < -0.3 is 31.6 Å². The third kappa shape index (κ3) is 11.2. The van der Waals surface area contributed by atoms with Crippen LogP contribution in [0.2, 0.25) is 0 Å². The molecule has 14 nitrogen and oxygen atoms in total. The van der Waals surface area contributed by atoms with Gasteiger partial charge in [-0.1, -0.05) is 25.5 Å². The molecule has 15 heteroatoms. The van der Waals surface area contributed by atoms with E-state index in [9.17, 15) is 19.2 Å². The van der Waals surface area contributed by atoms with Gasteiger partial charge in [-0.15, -0.1) is 0 Å². The number of rotatable bonds is 20. The average molecular weight is 745 g/mol. The number of carbonyl (C=O) groups is 4. The summed E-state index contributed by atoms with van der Waals surface area (Å²) in [6.07, 6.45) is 8.51. The monoisotopic (exact) mass is 744 g/mol. The van der Waals surface area contributed by atoms with E-state index in [4.69, 9.17) is 20.9 Å². The number of benzene rings is 2. The molecule has 0 saturated carbocycles. The molecular weight excluding hydrogens is 695 g/mol. The van der Waals surface area contributed by atoms with E-state index in [0.717, 1.165) is 22.5 Å². The van der Waals surface area contributed by atoms with Crippen LogP contribution in [-0.2, 0) is 25.5 Å². The van der Waals surface area contributed by atoms with Crippen molar-refractivity contribution in [2.75, 3.05) is 63.3 Å². The Morgan fingerprint density at radius 3 is 2.43 bits per heavy atom. The first kappa shape index (κ1) is 41.1. The van der Waals surface area contributed by atoms with Gasteiger partial charge in [0.2, 0.25) is 11.8 Å². The Morgan fingerprint density at radius 2 is 1.69 bits per heavy atom. The molecule has 0 aliphatic carbocycles. The van der Waals surface area contributed by atoms with Crippen LogP contribution in [-0.4, -0.2) is 85.5 Å². The molecule has 4 rings (SSSR count). The lowest BCUT2D eigenvalue weighted by Gasteiger charge is -2.21. The SMILES string of the molecule is CCCCC(=O)NN(C)C(=O)c1c(C=O)cccc1NCCOCCOCCNC(=O)CCCc1cc2cc(-c3cncc(N)c3C)c(F)c(N)c2cn1. The van der Waals surface area contributed by atoms with Crippen LogP contribution in [0.15, 0.2) is 48.9 Å². The van der Waals surface area contributed by atoms with Gasteiger partial charge in [-0.25, -0.2) is 4.39 Å². The smallest absolute Gasteiger partial charge is 0.274 e. The fourth-order valence-corrected chi connectivity index (χ4v) is 5.70. The lowest BCUT2D eigenvalue weighted by molar-refractivity contribution is -0.124. The van der Waals surface area contributed by atoms with Crippen molar-refractivity contribution in [3.63, 3.8) is 0 Å². The third-order valence-electron chi connectivity index (χ3n) is 8.73. The molecule has 2 aromatic carbocycles. The maximum atomic E-state index is 15.2. The van der Waals surface area contributed by atoms with E-state index in [-0.39, 0.29) is 28.6 Å². The standard InChI is InChI=1S/C39H49FN8O6/c1-4-5-11-35(51)47-48(3)39(52)36-26(24-49)8-6-10-33(36)44-13-15-53-17-18-54-16-14-45-34(50)12-7-9-28-19-27-20-29(30-21-43-23-32(41)25(30)2)37(40)38(42)31(27)22-46-28/h6,8,10,19-24,44H,4-5,7,9,11-18,41-42H2,1-3H3,(H,45,50)(H,47,51). The Balaban J connectivity index is 1.12. The molecule has 0 fully saturated rings. The van der Waals surface area contributed by atoms with Crippen molar-refractivity contribution in [3.05, 3.63) is 77.1 Å². The van der Waals surface area contributed by atoms with Crippen molar-refractivity contribution < 1.29 is 33.0 Å². The highest BCUT2D eigenvalue weighted by Gasteiger charge is 2.21. The minimum absolute atomic E-state index is 0.00511. The molecule has 0 aliphatic rings. The zero-order chi connectivity index (χ0) is 39.0. The Hall–Kier alpha value is -5.67. The summed E-state index contributed by atoms with van der Waals surface area (Å²) in [7, 11) is 1.44. The van der Waals surface area contributed by atoms with E-state index < -0.39 is 11.7 Å². The number of anilines is 3. The Bertz CT molecular complexity index is 1940. The largest absolute Gasteiger partial charge is 0.397 e. The quantitative estimate of drug-likeness (QED) is 0.0366. The lowest BCUT2D eigenvalue weighted by atomic mass is 9.97. The van der Waals surface area contributed by atoms with Gasteiger partial charge in [0.1, 0.15) is 0 Å². The zero-order valence-electron chi connectivity index (χ0n) is 31.0. The van der Waals surface area contributed by atoms with Crippen LogP contribution >= 0.6 is 0 Å². The van der Waals surface area contributed by atoms with E-state index in [1.807, 2.05) is 13.0 Å². The number of ether oxygens (including phenoxy) is 2. The molecule has 3 amide bonds. The van der Waals surface area contributed by atoms with Gasteiger partial charge in [0, 0.05) is 78.8 Å². The van der Waals surface area contributed by atoms with Crippen LogP contribution in [0.4, 0.5) is 21.5 Å². The summed E-state index contributed by atoms with van der Waals surface area (Å²) in [5.41, 5.74) is 18.3. The van der Waals surface area contributed by atoms with Crippen molar-refractivity contribution in [2.45, 2.75) is 52.4 Å². The number of halogens is 1. The Kier molecular flexibility index (Phi) is 15.6. The summed E-state index contributed by atoms with van der Waals surface area (Å²) in [4.78, 5) is 57.8. The van der Waals surface area contributed by atoms with Crippen LogP contribution < -0.4 is 27.5 Å². The number of hydrogen-bond acceptors (Lipinski definition) is 11. The summed E-state index contributed by atoms with van der Waals surface area (Å²) < 4.78 is 26.4. The molecule has 0 saturated heterocycles. The van der Waals surface area contributed by atoms with Crippen molar-refractivity contribution in [2.24, 2.45) is 0 Å². The minimum atomic E-state index is -0.548. The number of hydrogen-bond donors (Lipinski definition) is 5. The summed E-state index contributed by atoms with van der Waals surface area (Å²) in [5, 5.41) is 8.29. The number of nitrogens with two attached hydrogens (primary N) is 2. The van der Waals surface area contributed by atoms with Crippen molar-refractivity contribution in [1.82, 2.24) is 25.7 Å². The molecule has 0 unspecified atom stereocenters. The van der Waals surface area contributed by atoms with Gasteiger partial charge in [-0.3, -0.25) is 39.6 Å². The zero-order valence-corrected chi connectivity index (χ0v) is 31.0. The van der Waals surface area contributed by atoms with Crippen LogP contribution in [0, 0.1) is 12.7 Å². The fourth-order valence-electron chi connectivity index (χ4n) is 5.70. The number of nitrogen functional groups attached to an aromatic ring is 2. The van der Waals surface area contributed by atoms with Crippen LogP contribution in [0.25, 0.3) is 21.9 Å². The van der Waals surface area contributed by atoms with Crippen LogP contribution in [0.3, 0.4) is 0 Å². The third-order valence-corrected chi connectivity index (χ3v) is 8.73. The first-order valence-corrected chi connectivity index (χ1v) is 17.9. The summed E-state index contributed by atoms with van der Waals surface area (Å²) in [5.74, 6) is -1.45. The second-order valence-electron chi connectivity index (χ2n) is 12.7. The Labute approximate surface area is 314 Å². The number of aryl methyl sites for hydroxylation is 1. The number of pyridine rings is 2. The number of hydrazine groups is 1. The molecule has 288 valence electrons. The highest BCUT2D eigenvalue weighted by molar-refractivity contribution is 6.06. The number of amides is 3. The summed E-state index contributed by atoms with van der Waals surface area (Å²) >= 11 is 0. The van der Waals surface area contributed by atoms with Gasteiger partial charge in [0.05, 0.1) is 49.6 Å². The number of aromatic nitrogens is 2. The number of unbranched alkanes of at least 4 members (excludes halogenated alkanes) is 1.